The summed E-state index contributed by atoms with van der Waals surface area (Å²) in [5.74, 6) is 0.796. The molecule has 0 spiro atoms. The van der Waals surface area contributed by atoms with Crippen LogP contribution in [0.25, 0.3) is 60.9 Å². The molecule has 0 N–H and O–H groups in total. The number of nitrogens with zero attached hydrogens (tertiary/aromatic N) is 1. The second kappa shape index (κ2) is 15.5. The highest BCUT2D eigenvalue weighted by Crippen LogP contribution is 2.55. The maximum absolute atomic E-state index is 2.62. The standard InChI is InChI=1S/C60H55N/c1-6-47(7-2)60(5)54-24-16-14-22-50(54)51-36-32-46(40-56(51)60)55(38-41-26-28-43(29-27-41)42-18-10-8-11-19-42)59(3,4)48-34-30-44(31-35-48)45-33-37-58-53(39-45)52-23-15-17-25-57(52)61(58)49-20-12-9-13-21-49/h8-37,39-40,47,55H,6-7,38H2,1-5H3. The van der Waals surface area contributed by atoms with E-state index >= 15 is 0 Å². The number of fused-ring (bicyclic) bond motifs is 6. The summed E-state index contributed by atoms with van der Waals surface area (Å²) in [6.07, 6.45) is 3.25. The minimum absolute atomic E-state index is 0.0341. The minimum atomic E-state index is -0.172. The normalized spacial score (nSPS) is 15.3. The van der Waals surface area contributed by atoms with E-state index in [1.165, 1.54) is 88.7 Å². The summed E-state index contributed by atoms with van der Waals surface area (Å²) in [5, 5.41) is 2.55. The maximum Gasteiger partial charge on any atom is 0.0541 e. The molecule has 1 aliphatic rings. The predicted molar refractivity (Wildman–Crippen MR) is 260 cm³/mol. The molecular formula is C60H55N. The van der Waals surface area contributed by atoms with E-state index in [-0.39, 0.29) is 16.7 Å². The second-order valence-corrected chi connectivity index (χ2v) is 18.1. The van der Waals surface area contributed by atoms with Crippen LogP contribution in [-0.4, -0.2) is 4.57 Å². The Morgan fingerprint density at radius 2 is 1.07 bits per heavy atom. The van der Waals surface area contributed by atoms with Crippen molar-refractivity contribution in [3.63, 3.8) is 0 Å². The Balaban J connectivity index is 1.05. The van der Waals surface area contributed by atoms with Crippen LogP contribution in [0.5, 0.6) is 0 Å². The first-order valence-electron chi connectivity index (χ1n) is 22.4. The molecule has 1 aromatic heterocycles. The molecule has 61 heavy (non-hydrogen) atoms. The van der Waals surface area contributed by atoms with Gasteiger partial charge in [-0.2, -0.15) is 0 Å². The van der Waals surface area contributed by atoms with E-state index in [9.17, 15) is 0 Å². The van der Waals surface area contributed by atoms with Crippen LogP contribution in [0.15, 0.2) is 194 Å². The number of hydrogen-bond acceptors (Lipinski definition) is 0. The molecule has 9 aromatic rings. The first-order chi connectivity index (χ1) is 29.8. The van der Waals surface area contributed by atoms with Gasteiger partial charge in [-0.1, -0.05) is 211 Å². The van der Waals surface area contributed by atoms with Crippen LogP contribution in [0.4, 0.5) is 0 Å². The van der Waals surface area contributed by atoms with Gasteiger partial charge in [0.1, 0.15) is 0 Å². The van der Waals surface area contributed by atoms with Crippen molar-refractivity contribution < 1.29 is 0 Å². The van der Waals surface area contributed by atoms with Gasteiger partial charge in [-0.15, -0.1) is 0 Å². The molecule has 8 aromatic carbocycles. The summed E-state index contributed by atoms with van der Waals surface area (Å²) in [6, 6.07) is 72.8. The largest absolute Gasteiger partial charge is 0.309 e. The maximum atomic E-state index is 2.62. The van der Waals surface area contributed by atoms with Gasteiger partial charge in [-0.25, -0.2) is 0 Å². The van der Waals surface area contributed by atoms with E-state index in [4.69, 9.17) is 0 Å². The lowest BCUT2D eigenvalue weighted by atomic mass is 9.65. The van der Waals surface area contributed by atoms with Crippen LogP contribution in [0.1, 0.15) is 81.2 Å². The smallest absolute Gasteiger partial charge is 0.0541 e. The van der Waals surface area contributed by atoms with Crippen LogP contribution >= 0.6 is 0 Å². The predicted octanol–water partition coefficient (Wildman–Crippen LogP) is 16.1. The van der Waals surface area contributed by atoms with Crippen LogP contribution in [0, 0.1) is 5.92 Å². The Morgan fingerprint density at radius 3 is 1.80 bits per heavy atom. The van der Waals surface area contributed by atoms with Gasteiger partial charge >= 0.3 is 0 Å². The van der Waals surface area contributed by atoms with Crippen molar-refractivity contribution in [2.45, 2.75) is 70.6 Å². The van der Waals surface area contributed by atoms with Crippen molar-refractivity contribution in [2.75, 3.05) is 0 Å². The SMILES string of the molecule is CCC(CC)C1(C)c2ccccc2-c2ccc(C(Cc3ccc(-c4ccccc4)cc3)C(C)(C)c3ccc(-c4ccc5c(c4)c4ccccc4n5-c4ccccc4)cc3)cc21. The fraction of sp³-hybridized carbons (Fsp3) is 0.200. The zero-order chi connectivity index (χ0) is 41.7. The topological polar surface area (TPSA) is 4.93 Å². The van der Waals surface area contributed by atoms with Crippen LogP contribution in [0.2, 0.25) is 0 Å². The number of benzene rings is 8. The molecule has 1 heteroatoms. The molecule has 0 aliphatic heterocycles. The molecule has 1 heterocycles. The molecule has 0 amide bonds. The van der Waals surface area contributed by atoms with Gasteiger partial charge in [-0.3, -0.25) is 0 Å². The van der Waals surface area contributed by atoms with Crippen molar-refractivity contribution >= 4 is 21.8 Å². The molecule has 0 bridgehead atoms. The Hall–Kier alpha value is -6.44. The van der Waals surface area contributed by atoms with E-state index in [1.54, 1.807) is 0 Å². The van der Waals surface area contributed by atoms with E-state index in [1.807, 2.05) is 0 Å². The fourth-order valence-electron chi connectivity index (χ4n) is 11.1. The molecule has 300 valence electrons. The Bertz CT molecular complexity index is 2980. The molecule has 1 aliphatic carbocycles. The summed E-state index contributed by atoms with van der Waals surface area (Å²) in [5.41, 5.74) is 18.4. The summed E-state index contributed by atoms with van der Waals surface area (Å²) < 4.78 is 2.39. The molecule has 2 unspecified atom stereocenters. The Labute approximate surface area is 362 Å². The summed E-state index contributed by atoms with van der Waals surface area (Å²) in [7, 11) is 0. The lowest BCUT2D eigenvalue weighted by Crippen LogP contribution is -2.32. The third-order valence-electron chi connectivity index (χ3n) is 14.6. The molecular weight excluding hydrogens is 735 g/mol. The molecule has 0 radical (unpaired) electrons. The monoisotopic (exact) mass is 789 g/mol. The van der Waals surface area contributed by atoms with Gasteiger partial charge in [0.15, 0.2) is 0 Å². The molecule has 10 rings (SSSR count). The van der Waals surface area contributed by atoms with Crippen LogP contribution in [0.3, 0.4) is 0 Å². The van der Waals surface area contributed by atoms with Gasteiger partial charge in [0.05, 0.1) is 11.0 Å². The molecule has 0 saturated carbocycles. The van der Waals surface area contributed by atoms with Gasteiger partial charge in [0, 0.05) is 21.9 Å². The lowest BCUT2D eigenvalue weighted by molar-refractivity contribution is 0.330. The van der Waals surface area contributed by atoms with Crippen LogP contribution < -0.4 is 0 Å². The van der Waals surface area contributed by atoms with E-state index < -0.39 is 0 Å². The van der Waals surface area contributed by atoms with Crippen molar-refractivity contribution in [1.82, 2.24) is 4.57 Å². The highest BCUT2D eigenvalue weighted by molar-refractivity contribution is 6.10. The molecule has 2 atom stereocenters. The number of aromatic nitrogens is 1. The Morgan fingerprint density at radius 1 is 0.492 bits per heavy atom. The molecule has 0 fully saturated rings. The first kappa shape index (κ1) is 38.7. The van der Waals surface area contributed by atoms with Gasteiger partial charge in [-0.05, 0) is 115 Å². The van der Waals surface area contributed by atoms with Crippen LogP contribution in [-0.2, 0) is 17.3 Å². The summed E-state index contributed by atoms with van der Waals surface area (Å²) >= 11 is 0. The Kier molecular flexibility index (Phi) is 9.87. The highest BCUT2D eigenvalue weighted by Gasteiger charge is 2.44. The fourth-order valence-corrected chi connectivity index (χ4v) is 11.1. The average molecular weight is 790 g/mol. The third kappa shape index (κ3) is 6.54. The van der Waals surface area contributed by atoms with E-state index in [0.29, 0.717) is 5.92 Å². The van der Waals surface area contributed by atoms with Crippen molar-refractivity contribution in [1.29, 1.82) is 0 Å². The zero-order valence-electron chi connectivity index (χ0n) is 36.2. The van der Waals surface area contributed by atoms with Gasteiger partial charge < -0.3 is 4.57 Å². The van der Waals surface area contributed by atoms with Gasteiger partial charge in [0.2, 0.25) is 0 Å². The molecule has 0 saturated heterocycles. The van der Waals surface area contributed by atoms with E-state index in [2.05, 4.69) is 233 Å². The number of rotatable bonds is 11. The summed E-state index contributed by atoms with van der Waals surface area (Å²) in [6.45, 7) is 12.2. The summed E-state index contributed by atoms with van der Waals surface area (Å²) in [4.78, 5) is 0. The first-order valence-corrected chi connectivity index (χ1v) is 22.4. The molecule has 1 nitrogen and oxygen atoms in total. The van der Waals surface area contributed by atoms with E-state index in [0.717, 1.165) is 19.3 Å². The average Bonchev–Trinajstić information content (AvgIpc) is 3.78. The third-order valence-corrected chi connectivity index (χ3v) is 14.6. The van der Waals surface area contributed by atoms with Crippen molar-refractivity contribution in [3.8, 4) is 39.1 Å². The van der Waals surface area contributed by atoms with Gasteiger partial charge in [0.25, 0.3) is 0 Å². The lowest BCUT2D eigenvalue weighted by Gasteiger charge is -2.38. The van der Waals surface area contributed by atoms with Crippen molar-refractivity contribution in [3.05, 3.63) is 222 Å². The highest BCUT2D eigenvalue weighted by atomic mass is 15.0. The number of hydrogen-bond donors (Lipinski definition) is 0. The quantitative estimate of drug-likeness (QED) is 0.123. The zero-order valence-corrected chi connectivity index (χ0v) is 36.2. The van der Waals surface area contributed by atoms with Crippen molar-refractivity contribution in [2.24, 2.45) is 5.92 Å². The second-order valence-electron chi connectivity index (χ2n) is 18.1. The minimum Gasteiger partial charge on any atom is -0.309 e. The number of para-hydroxylation sites is 2.